The molecule has 0 unspecified atom stereocenters. The summed E-state index contributed by atoms with van der Waals surface area (Å²) in [6.07, 6.45) is 6.62. The summed E-state index contributed by atoms with van der Waals surface area (Å²) < 4.78 is 1.98. The predicted molar refractivity (Wildman–Crippen MR) is 91.1 cm³/mol. The minimum atomic E-state index is 0.894. The normalized spacial score (nSPS) is 12.7. The molecule has 0 N–H and O–H groups in total. The van der Waals surface area contributed by atoms with Crippen LogP contribution in [0.15, 0.2) is 24.3 Å². The highest BCUT2D eigenvalue weighted by Crippen LogP contribution is 2.18. The van der Waals surface area contributed by atoms with Crippen molar-refractivity contribution in [2.45, 2.75) is 32.1 Å². The molecule has 0 heterocycles. The van der Waals surface area contributed by atoms with E-state index in [9.17, 15) is 0 Å². The van der Waals surface area contributed by atoms with Gasteiger partial charge in [0.2, 0.25) is 0 Å². The quantitative estimate of drug-likeness (QED) is 0.502. The molecule has 1 aromatic carbocycles. The van der Waals surface area contributed by atoms with E-state index in [4.69, 9.17) is 0 Å². The van der Waals surface area contributed by atoms with Gasteiger partial charge in [-0.3, -0.25) is 4.48 Å². The lowest BCUT2D eigenvalue weighted by Crippen LogP contribution is -2.35. The maximum absolute atomic E-state index is 2.30. The second-order valence-electron chi connectivity index (χ2n) is 7.86. The molecule has 0 atom stereocenters. The molecule has 0 amide bonds. The van der Waals surface area contributed by atoms with E-state index in [2.05, 4.69) is 66.6 Å². The van der Waals surface area contributed by atoms with Crippen LogP contribution in [-0.4, -0.2) is 53.3 Å². The number of rotatable bonds is 8. The van der Waals surface area contributed by atoms with Crippen molar-refractivity contribution in [2.75, 3.05) is 48.8 Å². The van der Waals surface area contributed by atoms with Gasteiger partial charge in [-0.2, -0.15) is 0 Å². The predicted octanol–water partition coefficient (Wildman–Crippen LogP) is 3.69. The van der Waals surface area contributed by atoms with Gasteiger partial charge >= 0.3 is 0 Å². The summed E-state index contributed by atoms with van der Waals surface area (Å²) in [6, 6.07) is 9.13. The summed E-state index contributed by atoms with van der Waals surface area (Å²) in [5.74, 6) is 0. The molecule has 114 valence electrons. The van der Waals surface area contributed by atoms with Gasteiger partial charge in [-0.25, -0.2) is 0 Å². The zero-order valence-corrected chi connectivity index (χ0v) is 14.4. The summed E-state index contributed by atoms with van der Waals surface area (Å²) in [6.45, 7) is 1.29. The topological polar surface area (TPSA) is 0 Å². The molecule has 0 aliphatic rings. The summed E-state index contributed by atoms with van der Waals surface area (Å²) in [7, 11) is 13.5. The first-order valence-corrected chi connectivity index (χ1v) is 7.90. The molecule has 0 saturated heterocycles. The monoisotopic (exact) mass is 278 g/mol. The highest BCUT2D eigenvalue weighted by Gasteiger charge is 2.10. The Bertz CT molecular complexity index is 379. The first-order chi connectivity index (χ1) is 9.18. The van der Waals surface area contributed by atoms with Crippen LogP contribution in [0, 0.1) is 0 Å². The van der Waals surface area contributed by atoms with Gasteiger partial charge in [0.25, 0.3) is 0 Å². The Morgan fingerprint density at radius 3 is 1.75 bits per heavy atom. The lowest BCUT2D eigenvalue weighted by Gasteiger charge is -2.23. The van der Waals surface area contributed by atoms with Crippen LogP contribution in [0.25, 0.3) is 0 Å². The Morgan fingerprint density at radius 1 is 0.700 bits per heavy atom. The molecule has 1 rings (SSSR count). The fourth-order valence-corrected chi connectivity index (χ4v) is 2.38. The van der Waals surface area contributed by atoms with Crippen LogP contribution in [-0.2, 0) is 6.42 Å². The molecule has 2 nitrogen and oxygen atoms in total. The van der Waals surface area contributed by atoms with Gasteiger partial charge in [0.15, 0.2) is 0 Å². The van der Waals surface area contributed by atoms with E-state index in [1.54, 1.807) is 0 Å². The Labute approximate surface area is 126 Å². The number of aryl methyl sites for hydroxylation is 1. The Kier molecular flexibility index (Phi) is 6.22. The van der Waals surface area contributed by atoms with Crippen LogP contribution in [0.5, 0.6) is 0 Å². The Hall–Kier alpha value is -0.860. The number of benzene rings is 1. The van der Waals surface area contributed by atoms with Gasteiger partial charge in [-0.05, 0) is 43.4 Å². The number of hydrogen-bond donors (Lipinski definition) is 0. The van der Waals surface area contributed by atoms with Crippen LogP contribution in [0.1, 0.15) is 31.2 Å². The number of quaternary nitrogens is 2. The average molecular weight is 278 g/mol. The molecule has 1 aromatic rings. The van der Waals surface area contributed by atoms with E-state index in [0.29, 0.717) is 0 Å². The number of hydrogen-bond acceptors (Lipinski definition) is 0. The molecule has 0 spiro atoms. The average Bonchev–Trinajstić information content (AvgIpc) is 2.32. The van der Waals surface area contributed by atoms with Crippen LogP contribution in [0.3, 0.4) is 0 Å². The SMILES string of the molecule is C[N+](C)(C)CCCCCCc1ccc([N+](C)(C)C)cc1. The van der Waals surface area contributed by atoms with Crippen molar-refractivity contribution in [3.05, 3.63) is 29.8 Å². The fourth-order valence-electron chi connectivity index (χ4n) is 2.38. The highest BCUT2D eigenvalue weighted by atomic mass is 15.3. The molecule has 0 aliphatic heterocycles. The molecule has 0 aliphatic carbocycles. The van der Waals surface area contributed by atoms with E-state index >= 15 is 0 Å². The van der Waals surface area contributed by atoms with Crippen molar-refractivity contribution in [1.82, 2.24) is 4.48 Å². The zero-order valence-electron chi connectivity index (χ0n) is 14.4. The summed E-state index contributed by atoms with van der Waals surface area (Å²) in [4.78, 5) is 0. The summed E-state index contributed by atoms with van der Waals surface area (Å²) in [5.41, 5.74) is 2.85. The number of nitrogens with zero attached hydrogens (tertiary/aromatic N) is 2. The highest BCUT2D eigenvalue weighted by molar-refractivity contribution is 5.42. The molecular weight excluding hydrogens is 244 g/mol. The molecule has 0 radical (unpaired) electrons. The zero-order chi connectivity index (χ0) is 15.2. The second kappa shape index (κ2) is 7.24. The molecule has 0 saturated carbocycles. The molecule has 2 heteroatoms. The largest absolute Gasteiger partial charge is 0.331 e. The van der Waals surface area contributed by atoms with Crippen LogP contribution in [0.2, 0.25) is 0 Å². The van der Waals surface area contributed by atoms with Crippen LogP contribution < -0.4 is 4.48 Å². The van der Waals surface area contributed by atoms with Crippen molar-refractivity contribution in [2.24, 2.45) is 0 Å². The molecule has 0 aromatic heterocycles. The van der Waals surface area contributed by atoms with Crippen molar-refractivity contribution >= 4 is 5.69 Å². The van der Waals surface area contributed by atoms with E-state index in [1.807, 2.05) is 0 Å². The Morgan fingerprint density at radius 2 is 1.25 bits per heavy atom. The van der Waals surface area contributed by atoms with Gasteiger partial charge < -0.3 is 4.48 Å². The molecular formula is C18H34N2+2. The van der Waals surface area contributed by atoms with Crippen LogP contribution >= 0.6 is 0 Å². The maximum Gasteiger partial charge on any atom is 0.132 e. The third-order valence-corrected chi connectivity index (χ3v) is 3.76. The standard InChI is InChI=1S/C18H34N2/c1-19(2,3)16-10-8-7-9-11-17-12-14-18(15-13-17)20(4,5)6/h12-15H,7-11,16H2,1-6H3/q+2. The minimum absolute atomic E-state index is 0.894. The lowest BCUT2D eigenvalue weighted by atomic mass is 10.1. The lowest BCUT2D eigenvalue weighted by molar-refractivity contribution is -0.870. The van der Waals surface area contributed by atoms with E-state index in [-0.39, 0.29) is 0 Å². The fraction of sp³-hybridized carbons (Fsp3) is 0.667. The van der Waals surface area contributed by atoms with Crippen molar-refractivity contribution < 1.29 is 4.48 Å². The van der Waals surface area contributed by atoms with Gasteiger partial charge in [-0.15, -0.1) is 0 Å². The maximum atomic E-state index is 2.30. The van der Waals surface area contributed by atoms with E-state index in [0.717, 1.165) is 8.97 Å². The second-order valence-corrected chi connectivity index (χ2v) is 7.86. The smallest absolute Gasteiger partial charge is 0.132 e. The molecule has 0 bridgehead atoms. The van der Waals surface area contributed by atoms with Crippen molar-refractivity contribution in [3.63, 3.8) is 0 Å². The van der Waals surface area contributed by atoms with Gasteiger partial charge in [-0.1, -0.05) is 18.6 Å². The van der Waals surface area contributed by atoms with Gasteiger partial charge in [0, 0.05) is 0 Å². The van der Waals surface area contributed by atoms with E-state index < -0.39 is 0 Å². The van der Waals surface area contributed by atoms with Crippen molar-refractivity contribution in [1.29, 1.82) is 0 Å². The Balaban J connectivity index is 2.23. The first kappa shape index (κ1) is 17.2. The van der Waals surface area contributed by atoms with Gasteiger partial charge in [0.1, 0.15) is 5.69 Å². The summed E-state index contributed by atoms with van der Waals surface area (Å²) in [5, 5.41) is 0. The first-order valence-electron chi connectivity index (χ1n) is 7.90. The third kappa shape index (κ3) is 7.06. The number of unbranched alkanes of at least 4 members (excludes halogenated alkanes) is 3. The van der Waals surface area contributed by atoms with E-state index in [1.165, 1.54) is 49.9 Å². The third-order valence-electron chi connectivity index (χ3n) is 3.76. The van der Waals surface area contributed by atoms with Gasteiger partial charge in [0.05, 0.1) is 48.8 Å². The van der Waals surface area contributed by atoms with Crippen LogP contribution in [0.4, 0.5) is 5.69 Å². The van der Waals surface area contributed by atoms with Crippen molar-refractivity contribution in [3.8, 4) is 0 Å². The minimum Gasteiger partial charge on any atom is -0.331 e. The summed E-state index contributed by atoms with van der Waals surface area (Å²) >= 11 is 0. The molecule has 0 fully saturated rings. The molecule has 20 heavy (non-hydrogen) atoms.